The maximum Gasteiger partial charge on any atom is 0.108 e. The summed E-state index contributed by atoms with van der Waals surface area (Å²) >= 11 is 0. The summed E-state index contributed by atoms with van der Waals surface area (Å²) in [5.74, 6) is 0. The molecule has 8 heavy (non-hydrogen) atoms. The third-order valence-electron chi connectivity index (χ3n) is 0.577. The van der Waals surface area contributed by atoms with Gasteiger partial charge < -0.3 is 0 Å². The average Bonchev–Trinajstić information content (AvgIpc) is 1.75. The van der Waals surface area contributed by atoms with Crippen molar-refractivity contribution in [2.75, 3.05) is 0 Å². The Bertz CT molecular complexity index is 11.9. The molecule has 51 valence electrons. The zero-order valence-electron chi connectivity index (χ0n) is 5.99. The molecular weight excluding hydrogens is 94.9 g/mol. The lowest BCUT2D eigenvalue weighted by molar-refractivity contribution is 1.36. The lowest BCUT2D eigenvalue weighted by Gasteiger charge is -1.75. The molecule has 0 unspecified atom stereocenters. The second-order valence-electron chi connectivity index (χ2n) is 1.11. The van der Waals surface area contributed by atoms with Crippen molar-refractivity contribution in [3.63, 3.8) is 0 Å². The van der Waals surface area contributed by atoms with Crippen LogP contribution in [0.5, 0.6) is 0 Å². The van der Waals surface area contributed by atoms with Crippen LogP contribution in [0.4, 0.5) is 0 Å². The maximum absolute atomic E-state index is 2.25. The van der Waals surface area contributed by atoms with Gasteiger partial charge in [-0.25, -0.2) is 0 Å². The Hall–Kier alpha value is 0.0649. The SMILES string of the molecule is C.CC.CC[B]CC. The van der Waals surface area contributed by atoms with Crippen LogP contribution in [-0.4, -0.2) is 7.28 Å². The van der Waals surface area contributed by atoms with Gasteiger partial charge in [0.2, 0.25) is 0 Å². The minimum atomic E-state index is 0. The van der Waals surface area contributed by atoms with Crippen LogP contribution >= 0.6 is 0 Å². The fraction of sp³-hybridized carbons (Fsp3) is 1.00. The van der Waals surface area contributed by atoms with Gasteiger partial charge in [0.1, 0.15) is 7.28 Å². The van der Waals surface area contributed by atoms with Gasteiger partial charge in [0.05, 0.1) is 0 Å². The second kappa shape index (κ2) is 27.7. The summed E-state index contributed by atoms with van der Waals surface area (Å²) in [6.45, 7) is 8.31. The van der Waals surface area contributed by atoms with Crippen LogP contribution in [0.15, 0.2) is 0 Å². The van der Waals surface area contributed by atoms with E-state index in [1.165, 1.54) is 12.6 Å². The van der Waals surface area contributed by atoms with E-state index in [1.54, 1.807) is 0 Å². The van der Waals surface area contributed by atoms with E-state index in [2.05, 4.69) is 21.1 Å². The molecule has 0 saturated carbocycles. The Morgan fingerprint density at radius 1 is 1.00 bits per heavy atom. The fourth-order valence-electron chi connectivity index (χ4n) is 0.289. The van der Waals surface area contributed by atoms with Gasteiger partial charge in [-0.2, -0.15) is 0 Å². The van der Waals surface area contributed by atoms with Crippen molar-refractivity contribution in [2.45, 2.75) is 47.8 Å². The van der Waals surface area contributed by atoms with Crippen LogP contribution in [0, 0.1) is 0 Å². The first-order valence-corrected chi connectivity index (χ1v) is 3.23. The molecule has 0 aromatic carbocycles. The predicted molar refractivity (Wildman–Crippen MR) is 44.8 cm³/mol. The molecule has 0 aliphatic rings. The molecule has 1 heteroatoms. The van der Waals surface area contributed by atoms with E-state index in [0.29, 0.717) is 0 Å². The van der Waals surface area contributed by atoms with E-state index in [0.717, 1.165) is 0 Å². The smallest absolute Gasteiger partial charge is 0.0831 e. The topological polar surface area (TPSA) is 0 Å². The highest BCUT2D eigenvalue weighted by Gasteiger charge is 1.72. The first-order valence-electron chi connectivity index (χ1n) is 3.23. The largest absolute Gasteiger partial charge is 0.108 e. The van der Waals surface area contributed by atoms with E-state index in [-0.39, 0.29) is 7.43 Å². The maximum atomic E-state index is 2.25. The third-order valence-corrected chi connectivity index (χ3v) is 0.577. The molecule has 0 aliphatic heterocycles. The molecule has 0 rings (SSSR count). The van der Waals surface area contributed by atoms with E-state index in [9.17, 15) is 0 Å². The van der Waals surface area contributed by atoms with Gasteiger partial charge in [-0.3, -0.25) is 0 Å². The Morgan fingerprint density at radius 2 is 1.25 bits per heavy atom. The van der Waals surface area contributed by atoms with Crippen LogP contribution in [-0.2, 0) is 0 Å². The van der Waals surface area contributed by atoms with E-state index in [1.807, 2.05) is 13.8 Å². The minimum Gasteiger partial charge on any atom is -0.0831 e. The Morgan fingerprint density at radius 3 is 1.25 bits per heavy atom. The second-order valence-corrected chi connectivity index (χ2v) is 1.11. The highest BCUT2D eigenvalue weighted by atomic mass is 13.5. The van der Waals surface area contributed by atoms with Crippen molar-refractivity contribution in [2.24, 2.45) is 0 Å². The first-order chi connectivity index (χ1) is 3.41. The average molecular weight is 115 g/mol. The lowest BCUT2D eigenvalue weighted by Crippen LogP contribution is -1.76. The highest BCUT2D eigenvalue weighted by molar-refractivity contribution is 6.34. The van der Waals surface area contributed by atoms with Gasteiger partial charge in [0, 0.05) is 0 Å². The molecule has 0 nitrogen and oxygen atoms in total. The van der Waals surface area contributed by atoms with Gasteiger partial charge in [-0.05, 0) is 0 Å². The quantitative estimate of drug-likeness (QED) is 0.484. The molecule has 0 bridgehead atoms. The predicted octanol–water partition coefficient (Wildman–Crippen LogP) is 3.23. The highest BCUT2D eigenvalue weighted by Crippen LogP contribution is 1.77. The van der Waals surface area contributed by atoms with Crippen molar-refractivity contribution in [1.29, 1.82) is 0 Å². The molecule has 0 atom stereocenters. The van der Waals surface area contributed by atoms with Crippen molar-refractivity contribution in [3.8, 4) is 0 Å². The van der Waals surface area contributed by atoms with Crippen molar-refractivity contribution in [3.05, 3.63) is 0 Å². The number of rotatable bonds is 2. The summed E-state index contributed by atoms with van der Waals surface area (Å²) in [6.07, 6.45) is 2.44. The van der Waals surface area contributed by atoms with Crippen molar-refractivity contribution < 1.29 is 0 Å². The van der Waals surface area contributed by atoms with Gasteiger partial charge in [-0.1, -0.05) is 47.8 Å². The van der Waals surface area contributed by atoms with E-state index >= 15 is 0 Å². The lowest BCUT2D eigenvalue weighted by atomic mass is 9.73. The van der Waals surface area contributed by atoms with Crippen molar-refractivity contribution >= 4 is 7.28 Å². The molecule has 1 radical (unpaired) electrons. The van der Waals surface area contributed by atoms with Gasteiger partial charge in [0.15, 0.2) is 0 Å². The number of hydrogen-bond acceptors (Lipinski definition) is 0. The van der Waals surface area contributed by atoms with Crippen molar-refractivity contribution in [1.82, 2.24) is 0 Å². The molecule has 0 aromatic heterocycles. The molecular formula is C7H20B. The summed E-state index contributed by atoms with van der Waals surface area (Å²) in [4.78, 5) is 0. The van der Waals surface area contributed by atoms with E-state index < -0.39 is 0 Å². The summed E-state index contributed by atoms with van der Waals surface area (Å²) in [7, 11) is 2.25. The summed E-state index contributed by atoms with van der Waals surface area (Å²) < 4.78 is 0. The standard InChI is InChI=1S/C4H10B.C2H6.CH4/c1-3-5-4-2;1-2;/h3-4H2,1-2H3;1-2H3;1H4. The summed E-state index contributed by atoms with van der Waals surface area (Å²) in [5, 5.41) is 0. The Balaban J connectivity index is -0.0000000750. The number of hydrogen-bond donors (Lipinski definition) is 0. The third kappa shape index (κ3) is 36.5. The molecule has 0 N–H and O–H groups in total. The molecule has 0 amide bonds. The Labute approximate surface area is 55.9 Å². The van der Waals surface area contributed by atoms with Gasteiger partial charge >= 0.3 is 0 Å². The van der Waals surface area contributed by atoms with Crippen LogP contribution in [0.1, 0.15) is 35.1 Å². The monoisotopic (exact) mass is 115 g/mol. The molecule has 0 saturated heterocycles. The summed E-state index contributed by atoms with van der Waals surface area (Å²) in [6, 6.07) is 0. The van der Waals surface area contributed by atoms with Crippen LogP contribution in [0.25, 0.3) is 0 Å². The minimum absolute atomic E-state index is 0. The van der Waals surface area contributed by atoms with Crippen LogP contribution in [0.2, 0.25) is 12.6 Å². The Kier molecular flexibility index (Phi) is 54.3. The zero-order chi connectivity index (χ0) is 6.12. The zero-order valence-corrected chi connectivity index (χ0v) is 5.99. The fourth-order valence-corrected chi connectivity index (χ4v) is 0.289. The first kappa shape index (κ1) is 15.7. The van der Waals surface area contributed by atoms with Gasteiger partial charge in [-0.15, -0.1) is 0 Å². The summed E-state index contributed by atoms with van der Waals surface area (Å²) in [5.41, 5.74) is 0. The molecule has 0 aromatic rings. The van der Waals surface area contributed by atoms with E-state index in [4.69, 9.17) is 0 Å². The molecule has 0 fully saturated rings. The van der Waals surface area contributed by atoms with Crippen LogP contribution in [0.3, 0.4) is 0 Å². The van der Waals surface area contributed by atoms with Crippen LogP contribution < -0.4 is 0 Å². The molecule has 0 heterocycles. The van der Waals surface area contributed by atoms with Gasteiger partial charge in [0.25, 0.3) is 0 Å². The molecule has 0 aliphatic carbocycles. The normalized spacial score (nSPS) is 5.50. The molecule has 0 spiro atoms.